The second kappa shape index (κ2) is 9.32. The Kier molecular flexibility index (Phi) is 6.60. The summed E-state index contributed by atoms with van der Waals surface area (Å²) < 4.78 is 7.12. The monoisotopic (exact) mass is 397 g/mol. The van der Waals surface area contributed by atoms with Crippen LogP contribution in [0.3, 0.4) is 0 Å². The second-order valence-electron chi connectivity index (χ2n) is 6.39. The number of benzene rings is 1. The first-order valence-corrected chi connectivity index (χ1v) is 10.1. The van der Waals surface area contributed by atoms with E-state index in [0.717, 1.165) is 16.9 Å². The number of carbonyl (C=O) groups excluding carboxylic acids is 2. The maximum Gasteiger partial charge on any atom is 0.342 e. The minimum Gasteiger partial charge on any atom is -0.449 e. The lowest BCUT2D eigenvalue weighted by Crippen LogP contribution is -2.36. The Balaban J connectivity index is 1.82. The highest BCUT2D eigenvalue weighted by Gasteiger charge is 2.24. The van der Waals surface area contributed by atoms with Crippen LogP contribution in [-0.2, 0) is 16.1 Å². The van der Waals surface area contributed by atoms with Crippen molar-refractivity contribution in [3.8, 4) is 10.6 Å². The summed E-state index contributed by atoms with van der Waals surface area (Å²) in [5.74, 6) is -0.855. The maximum absolute atomic E-state index is 12.8. The Hall–Kier alpha value is -2.93. The quantitative estimate of drug-likeness (QED) is 0.588. The highest BCUT2D eigenvalue weighted by atomic mass is 32.1. The molecule has 0 aliphatic heterocycles. The van der Waals surface area contributed by atoms with Gasteiger partial charge in [-0.1, -0.05) is 43.3 Å². The fraction of sp³-hybridized carbons (Fsp3) is 0.286. The number of nitrogens with one attached hydrogen (secondary N) is 1. The van der Waals surface area contributed by atoms with Crippen LogP contribution in [0.4, 0.5) is 0 Å². The number of aromatic nitrogens is 2. The van der Waals surface area contributed by atoms with Crippen LogP contribution < -0.4 is 5.32 Å². The molecule has 0 radical (unpaired) electrons. The first-order valence-electron chi connectivity index (χ1n) is 9.22. The van der Waals surface area contributed by atoms with Gasteiger partial charge in [-0.3, -0.25) is 9.48 Å². The first-order chi connectivity index (χ1) is 13.6. The minimum atomic E-state index is -0.868. The standard InChI is InChI=1S/C21H23N3O3S/c1-3-11-22-20(25)15(2)27-21(26)17-14-24(13-16-8-5-4-6-9-16)23-19(17)18-10-7-12-28-18/h4-10,12,14-15H,3,11,13H2,1-2H3,(H,22,25)/t15-/m0/s1. The van der Waals surface area contributed by atoms with Gasteiger partial charge in [-0.15, -0.1) is 11.3 Å². The Labute approximate surface area is 168 Å². The largest absolute Gasteiger partial charge is 0.449 e. The molecule has 0 aliphatic rings. The molecule has 0 unspecified atom stereocenters. The van der Waals surface area contributed by atoms with E-state index in [1.165, 1.54) is 11.3 Å². The molecule has 1 atom stereocenters. The van der Waals surface area contributed by atoms with Gasteiger partial charge in [-0.2, -0.15) is 5.10 Å². The lowest BCUT2D eigenvalue weighted by molar-refractivity contribution is -0.129. The normalized spacial score (nSPS) is 11.8. The van der Waals surface area contributed by atoms with Crippen LogP contribution in [0.2, 0.25) is 0 Å². The van der Waals surface area contributed by atoms with Crippen molar-refractivity contribution in [2.75, 3.05) is 6.54 Å². The van der Waals surface area contributed by atoms with Gasteiger partial charge in [0.15, 0.2) is 6.10 Å². The van der Waals surface area contributed by atoms with Crippen LogP contribution in [0.1, 0.15) is 36.2 Å². The molecule has 7 heteroatoms. The van der Waals surface area contributed by atoms with Crippen LogP contribution in [0.25, 0.3) is 10.6 Å². The van der Waals surface area contributed by atoms with Crippen LogP contribution in [0.5, 0.6) is 0 Å². The maximum atomic E-state index is 12.8. The Morgan fingerprint density at radius 3 is 2.68 bits per heavy atom. The molecular formula is C21H23N3O3S. The van der Waals surface area contributed by atoms with Crippen LogP contribution in [0.15, 0.2) is 54.0 Å². The summed E-state index contributed by atoms with van der Waals surface area (Å²) >= 11 is 1.50. The molecule has 0 saturated carbocycles. The van der Waals surface area contributed by atoms with Gasteiger partial charge in [0.25, 0.3) is 5.91 Å². The molecule has 2 heterocycles. The summed E-state index contributed by atoms with van der Waals surface area (Å²) in [6.45, 7) is 4.63. The molecule has 3 aromatic rings. The van der Waals surface area contributed by atoms with Crippen LogP contribution >= 0.6 is 11.3 Å². The Morgan fingerprint density at radius 1 is 1.21 bits per heavy atom. The SMILES string of the molecule is CCCNC(=O)[C@H](C)OC(=O)c1cn(Cc2ccccc2)nc1-c1cccs1. The number of hydrogen-bond acceptors (Lipinski definition) is 5. The van der Waals surface area contributed by atoms with E-state index in [1.807, 2.05) is 54.8 Å². The molecule has 6 nitrogen and oxygen atoms in total. The van der Waals surface area contributed by atoms with Crippen molar-refractivity contribution >= 4 is 23.2 Å². The van der Waals surface area contributed by atoms with E-state index in [2.05, 4.69) is 10.4 Å². The predicted molar refractivity (Wildman–Crippen MR) is 109 cm³/mol. The molecule has 0 bridgehead atoms. The number of esters is 1. The van der Waals surface area contributed by atoms with Crippen molar-refractivity contribution in [2.45, 2.75) is 32.9 Å². The summed E-state index contributed by atoms with van der Waals surface area (Å²) in [6.07, 6.45) is 1.63. The summed E-state index contributed by atoms with van der Waals surface area (Å²) in [4.78, 5) is 25.7. The van der Waals surface area contributed by atoms with E-state index < -0.39 is 12.1 Å². The highest BCUT2D eigenvalue weighted by Crippen LogP contribution is 2.27. The van der Waals surface area contributed by atoms with Gasteiger partial charge in [0, 0.05) is 12.7 Å². The molecule has 2 aromatic heterocycles. The molecule has 3 rings (SSSR count). The molecule has 0 spiro atoms. The summed E-state index contributed by atoms with van der Waals surface area (Å²) in [7, 11) is 0. The number of nitrogens with zero attached hydrogens (tertiary/aromatic N) is 2. The lowest BCUT2D eigenvalue weighted by atomic mass is 10.2. The Bertz CT molecular complexity index is 920. The number of rotatable bonds is 8. The van der Waals surface area contributed by atoms with E-state index in [1.54, 1.807) is 17.8 Å². The predicted octanol–water partition coefficient (Wildman–Crippen LogP) is 3.73. The fourth-order valence-corrected chi connectivity index (χ4v) is 3.41. The van der Waals surface area contributed by atoms with Crippen LogP contribution in [-0.4, -0.2) is 34.3 Å². The van der Waals surface area contributed by atoms with Gasteiger partial charge < -0.3 is 10.1 Å². The van der Waals surface area contributed by atoms with Gasteiger partial charge in [0.2, 0.25) is 0 Å². The zero-order valence-electron chi connectivity index (χ0n) is 15.9. The molecule has 28 heavy (non-hydrogen) atoms. The number of thiophene rings is 1. The smallest absolute Gasteiger partial charge is 0.342 e. The third-order valence-corrected chi connectivity index (χ3v) is 5.00. The van der Waals surface area contributed by atoms with E-state index in [4.69, 9.17) is 4.74 Å². The molecule has 0 fully saturated rings. The van der Waals surface area contributed by atoms with E-state index in [0.29, 0.717) is 24.3 Å². The van der Waals surface area contributed by atoms with Crippen molar-refractivity contribution in [2.24, 2.45) is 0 Å². The van der Waals surface area contributed by atoms with Gasteiger partial charge in [0.1, 0.15) is 11.3 Å². The van der Waals surface area contributed by atoms with Crippen molar-refractivity contribution < 1.29 is 14.3 Å². The lowest BCUT2D eigenvalue weighted by Gasteiger charge is -2.12. The van der Waals surface area contributed by atoms with Crippen molar-refractivity contribution in [3.63, 3.8) is 0 Å². The summed E-state index contributed by atoms with van der Waals surface area (Å²) in [5.41, 5.74) is 2.00. The van der Waals surface area contributed by atoms with Gasteiger partial charge in [-0.25, -0.2) is 4.79 Å². The summed E-state index contributed by atoms with van der Waals surface area (Å²) in [6, 6.07) is 13.7. The molecule has 1 aromatic carbocycles. The second-order valence-corrected chi connectivity index (χ2v) is 7.34. The first kappa shape index (κ1) is 19.8. The fourth-order valence-electron chi connectivity index (χ4n) is 2.69. The number of carbonyl (C=O) groups is 2. The number of amides is 1. The van der Waals surface area contributed by atoms with Gasteiger partial charge in [0.05, 0.1) is 11.4 Å². The van der Waals surface area contributed by atoms with Crippen molar-refractivity contribution in [3.05, 3.63) is 65.2 Å². The molecule has 1 amide bonds. The van der Waals surface area contributed by atoms with E-state index in [-0.39, 0.29) is 5.91 Å². The molecule has 0 saturated heterocycles. The van der Waals surface area contributed by atoms with Crippen LogP contribution in [0, 0.1) is 0 Å². The molecular weight excluding hydrogens is 374 g/mol. The minimum absolute atomic E-state index is 0.301. The van der Waals surface area contributed by atoms with Gasteiger partial charge in [-0.05, 0) is 30.4 Å². The van der Waals surface area contributed by atoms with E-state index in [9.17, 15) is 9.59 Å². The van der Waals surface area contributed by atoms with Crippen molar-refractivity contribution in [1.82, 2.24) is 15.1 Å². The number of ether oxygens (including phenoxy) is 1. The zero-order chi connectivity index (χ0) is 19.9. The Morgan fingerprint density at radius 2 is 2.00 bits per heavy atom. The number of hydrogen-bond donors (Lipinski definition) is 1. The molecule has 0 aliphatic carbocycles. The highest BCUT2D eigenvalue weighted by molar-refractivity contribution is 7.13. The third kappa shape index (κ3) is 4.86. The molecule has 1 N–H and O–H groups in total. The average molecular weight is 398 g/mol. The molecule has 146 valence electrons. The topological polar surface area (TPSA) is 73.2 Å². The average Bonchev–Trinajstić information content (AvgIpc) is 3.36. The third-order valence-electron chi connectivity index (χ3n) is 4.13. The van der Waals surface area contributed by atoms with Gasteiger partial charge >= 0.3 is 5.97 Å². The van der Waals surface area contributed by atoms with Crippen molar-refractivity contribution in [1.29, 1.82) is 0 Å². The van der Waals surface area contributed by atoms with E-state index >= 15 is 0 Å². The zero-order valence-corrected chi connectivity index (χ0v) is 16.7. The summed E-state index contributed by atoms with van der Waals surface area (Å²) in [5, 5.41) is 9.26.